The van der Waals surface area contributed by atoms with E-state index in [9.17, 15) is 26.4 Å². The van der Waals surface area contributed by atoms with E-state index >= 15 is 0 Å². The second kappa shape index (κ2) is 6.97. The number of nitrogens with zero attached hydrogens (tertiary/aromatic N) is 3. The number of amides is 1. The monoisotopic (exact) mass is 403 g/mol. The Morgan fingerprint density at radius 2 is 1.70 bits per heavy atom. The molecule has 0 bridgehead atoms. The summed E-state index contributed by atoms with van der Waals surface area (Å²) in [5, 5.41) is 3.64. The molecule has 0 aliphatic carbocycles. The molecular weight excluding hydrogens is 387 g/mol. The van der Waals surface area contributed by atoms with Crippen LogP contribution in [0.1, 0.15) is 21.8 Å². The zero-order valence-electron chi connectivity index (χ0n) is 14.2. The fourth-order valence-electron chi connectivity index (χ4n) is 2.72. The molecule has 146 valence electrons. The minimum Gasteiger partial charge on any atom is -0.351 e. The standard InChI is InChI=1S/C16H16F3N3O4S/c1-11-10-14(26-20-11)15(23)21-6-8-22(9-7-21)27(24,25)13-4-2-12(3-5-13)16(17,18)19/h2-5,10H,6-9H2,1H3. The molecule has 1 aliphatic rings. The van der Waals surface area contributed by atoms with Gasteiger partial charge in [-0.05, 0) is 31.2 Å². The van der Waals surface area contributed by atoms with Crippen LogP contribution in [-0.2, 0) is 16.2 Å². The molecule has 3 rings (SSSR count). The smallest absolute Gasteiger partial charge is 0.351 e. The van der Waals surface area contributed by atoms with E-state index in [4.69, 9.17) is 4.52 Å². The summed E-state index contributed by atoms with van der Waals surface area (Å²) in [6.07, 6.45) is -4.53. The van der Waals surface area contributed by atoms with Gasteiger partial charge in [-0.1, -0.05) is 5.16 Å². The number of sulfonamides is 1. The first kappa shape index (κ1) is 19.4. The van der Waals surface area contributed by atoms with E-state index in [1.807, 2.05) is 0 Å². The van der Waals surface area contributed by atoms with Crippen LogP contribution < -0.4 is 0 Å². The highest BCUT2D eigenvalue weighted by Gasteiger charge is 2.33. The number of piperazine rings is 1. The Morgan fingerprint density at radius 3 is 2.19 bits per heavy atom. The molecule has 11 heteroatoms. The van der Waals surface area contributed by atoms with Crippen molar-refractivity contribution in [2.75, 3.05) is 26.2 Å². The molecule has 1 aromatic carbocycles. The highest BCUT2D eigenvalue weighted by molar-refractivity contribution is 7.89. The first-order valence-corrected chi connectivity index (χ1v) is 9.43. The van der Waals surface area contributed by atoms with Gasteiger partial charge in [-0.3, -0.25) is 4.79 Å². The molecule has 0 spiro atoms. The number of alkyl halides is 3. The molecule has 7 nitrogen and oxygen atoms in total. The number of benzene rings is 1. The Kier molecular flexibility index (Phi) is 5.00. The summed E-state index contributed by atoms with van der Waals surface area (Å²) in [5.74, 6) is -0.311. The first-order chi connectivity index (χ1) is 12.6. The molecule has 27 heavy (non-hydrogen) atoms. The lowest BCUT2D eigenvalue weighted by Crippen LogP contribution is -2.50. The second-order valence-electron chi connectivity index (χ2n) is 6.05. The number of hydrogen-bond acceptors (Lipinski definition) is 5. The summed E-state index contributed by atoms with van der Waals surface area (Å²) in [5.41, 5.74) is -0.360. The zero-order valence-corrected chi connectivity index (χ0v) is 15.0. The predicted octanol–water partition coefficient (Wildman–Crippen LogP) is 2.15. The summed E-state index contributed by atoms with van der Waals surface area (Å²) in [6.45, 7) is 2.01. The molecule has 2 aromatic rings. The fourth-order valence-corrected chi connectivity index (χ4v) is 4.14. The van der Waals surface area contributed by atoms with Gasteiger partial charge in [0.05, 0.1) is 16.2 Å². The van der Waals surface area contributed by atoms with Crippen LogP contribution >= 0.6 is 0 Å². The number of aryl methyl sites for hydroxylation is 1. The quantitative estimate of drug-likeness (QED) is 0.784. The molecule has 0 radical (unpaired) electrons. The Morgan fingerprint density at radius 1 is 1.11 bits per heavy atom. The van der Waals surface area contributed by atoms with E-state index in [1.54, 1.807) is 6.92 Å². The van der Waals surface area contributed by atoms with Gasteiger partial charge in [0, 0.05) is 32.2 Å². The molecule has 1 amide bonds. The number of rotatable bonds is 3. The van der Waals surface area contributed by atoms with Gasteiger partial charge in [-0.25, -0.2) is 8.42 Å². The molecule has 2 heterocycles. The third kappa shape index (κ3) is 3.98. The van der Waals surface area contributed by atoms with E-state index in [-0.39, 0.29) is 42.7 Å². The predicted molar refractivity (Wildman–Crippen MR) is 87.3 cm³/mol. The van der Waals surface area contributed by atoms with E-state index in [1.165, 1.54) is 11.0 Å². The molecule has 1 aromatic heterocycles. The van der Waals surface area contributed by atoms with Crippen LogP contribution in [0.4, 0.5) is 13.2 Å². The van der Waals surface area contributed by atoms with E-state index in [2.05, 4.69) is 5.16 Å². The maximum Gasteiger partial charge on any atom is 0.416 e. The topological polar surface area (TPSA) is 83.7 Å². The lowest BCUT2D eigenvalue weighted by molar-refractivity contribution is -0.137. The highest BCUT2D eigenvalue weighted by Crippen LogP contribution is 2.30. The van der Waals surface area contributed by atoms with E-state index in [0.29, 0.717) is 5.69 Å². The highest BCUT2D eigenvalue weighted by atomic mass is 32.2. The summed E-state index contributed by atoms with van der Waals surface area (Å²) in [4.78, 5) is 13.5. The van der Waals surface area contributed by atoms with Crippen LogP contribution in [-0.4, -0.2) is 54.9 Å². The summed E-state index contributed by atoms with van der Waals surface area (Å²) in [6, 6.07) is 4.84. The average Bonchev–Trinajstić information content (AvgIpc) is 3.07. The van der Waals surface area contributed by atoms with Crippen LogP contribution in [0, 0.1) is 6.92 Å². The third-order valence-electron chi connectivity index (χ3n) is 4.18. The summed E-state index contributed by atoms with van der Waals surface area (Å²) in [7, 11) is -3.94. The maximum absolute atomic E-state index is 12.6. The van der Waals surface area contributed by atoms with Crippen LogP contribution in [0.3, 0.4) is 0 Å². The number of hydrogen-bond donors (Lipinski definition) is 0. The van der Waals surface area contributed by atoms with Crippen molar-refractivity contribution in [2.45, 2.75) is 18.0 Å². The summed E-state index contributed by atoms with van der Waals surface area (Å²) < 4.78 is 69.1. The Hall–Kier alpha value is -2.40. The van der Waals surface area contributed by atoms with Gasteiger partial charge < -0.3 is 9.42 Å². The van der Waals surface area contributed by atoms with Gasteiger partial charge in [-0.15, -0.1) is 0 Å². The normalized spacial score (nSPS) is 16.5. The van der Waals surface area contributed by atoms with Gasteiger partial charge in [0.2, 0.25) is 15.8 Å². The average molecular weight is 403 g/mol. The van der Waals surface area contributed by atoms with Gasteiger partial charge in [-0.2, -0.15) is 17.5 Å². The molecule has 1 saturated heterocycles. The first-order valence-electron chi connectivity index (χ1n) is 7.99. The Bertz CT molecular complexity index is 931. The van der Waals surface area contributed by atoms with Crippen LogP contribution in [0.25, 0.3) is 0 Å². The number of carbonyl (C=O) groups is 1. The van der Waals surface area contributed by atoms with Crippen molar-refractivity contribution >= 4 is 15.9 Å². The van der Waals surface area contributed by atoms with Crippen molar-refractivity contribution in [3.05, 3.63) is 47.3 Å². The lowest BCUT2D eigenvalue weighted by atomic mass is 10.2. The van der Waals surface area contributed by atoms with E-state index in [0.717, 1.165) is 28.6 Å². The molecule has 0 N–H and O–H groups in total. The molecule has 1 fully saturated rings. The van der Waals surface area contributed by atoms with Crippen molar-refractivity contribution in [3.8, 4) is 0 Å². The summed E-state index contributed by atoms with van der Waals surface area (Å²) >= 11 is 0. The number of carbonyl (C=O) groups excluding carboxylic acids is 1. The van der Waals surface area contributed by atoms with Gasteiger partial charge in [0.25, 0.3) is 5.91 Å². The molecule has 0 saturated carbocycles. The SMILES string of the molecule is Cc1cc(C(=O)N2CCN(S(=O)(=O)c3ccc(C(F)(F)F)cc3)CC2)on1. The number of halogens is 3. The maximum atomic E-state index is 12.6. The van der Waals surface area contributed by atoms with Crippen LogP contribution in [0.15, 0.2) is 39.8 Å². The van der Waals surface area contributed by atoms with Crippen molar-refractivity contribution in [1.29, 1.82) is 0 Å². The van der Waals surface area contributed by atoms with Gasteiger partial charge >= 0.3 is 6.18 Å². The lowest BCUT2D eigenvalue weighted by Gasteiger charge is -2.33. The molecule has 0 atom stereocenters. The van der Waals surface area contributed by atoms with Gasteiger partial charge in [0.15, 0.2) is 0 Å². The van der Waals surface area contributed by atoms with Crippen LogP contribution in [0.2, 0.25) is 0 Å². The molecule has 0 unspecified atom stereocenters. The number of aromatic nitrogens is 1. The largest absolute Gasteiger partial charge is 0.416 e. The fraction of sp³-hybridized carbons (Fsp3) is 0.375. The minimum absolute atomic E-state index is 0.0300. The van der Waals surface area contributed by atoms with Gasteiger partial charge in [0.1, 0.15) is 0 Å². The van der Waals surface area contributed by atoms with Crippen LogP contribution in [0.5, 0.6) is 0 Å². The Labute approximate surface area is 153 Å². The second-order valence-corrected chi connectivity index (χ2v) is 7.99. The molecular formula is C16H16F3N3O4S. The zero-order chi connectivity index (χ0) is 19.8. The molecule has 1 aliphatic heterocycles. The Balaban J connectivity index is 1.68. The van der Waals surface area contributed by atoms with E-state index < -0.39 is 21.8 Å². The van der Waals surface area contributed by atoms with Crippen molar-refractivity contribution < 1.29 is 30.9 Å². The minimum atomic E-state index is -4.53. The third-order valence-corrected chi connectivity index (χ3v) is 6.10. The van der Waals surface area contributed by atoms with Crippen molar-refractivity contribution in [2.24, 2.45) is 0 Å². The van der Waals surface area contributed by atoms with Crippen molar-refractivity contribution in [1.82, 2.24) is 14.4 Å². The van der Waals surface area contributed by atoms with Crippen molar-refractivity contribution in [3.63, 3.8) is 0 Å².